The Balaban J connectivity index is 1.73. The van der Waals surface area contributed by atoms with Crippen molar-refractivity contribution < 1.29 is 17.2 Å². The maximum atomic E-state index is 13.3. The lowest BCUT2D eigenvalue weighted by Crippen LogP contribution is -2.44. The van der Waals surface area contributed by atoms with Crippen LogP contribution in [0, 0.1) is 5.82 Å². The summed E-state index contributed by atoms with van der Waals surface area (Å²) in [5.41, 5.74) is 0.619. The number of sulfonamides is 1. The molecule has 1 saturated heterocycles. The molecule has 6 nitrogen and oxygen atoms in total. The second kappa shape index (κ2) is 7.00. The Morgan fingerprint density at radius 2 is 2.21 bits per heavy atom. The van der Waals surface area contributed by atoms with E-state index in [1.807, 2.05) is 4.90 Å². The standard InChI is InChI=1S/C16H20FN3O3S/c17-13-5-3-4-12(8-13)15-9-19-16(23-15)10-20-7-2-1-6-14(20)11-24(18,21)22/h3-5,8-9,14H,1-2,6-7,10-11H2,(H2,18,21,22). The van der Waals surface area contributed by atoms with Crippen molar-refractivity contribution in [2.75, 3.05) is 12.3 Å². The lowest BCUT2D eigenvalue weighted by Gasteiger charge is -2.34. The van der Waals surface area contributed by atoms with E-state index >= 15 is 0 Å². The molecule has 1 aromatic heterocycles. The van der Waals surface area contributed by atoms with E-state index in [1.54, 1.807) is 18.3 Å². The molecule has 0 radical (unpaired) electrons. The fourth-order valence-electron chi connectivity index (χ4n) is 3.06. The molecule has 24 heavy (non-hydrogen) atoms. The van der Waals surface area contributed by atoms with Crippen molar-refractivity contribution in [3.8, 4) is 11.3 Å². The zero-order valence-corrected chi connectivity index (χ0v) is 14.0. The van der Waals surface area contributed by atoms with E-state index in [2.05, 4.69) is 4.98 Å². The third kappa shape index (κ3) is 4.40. The topological polar surface area (TPSA) is 89.4 Å². The summed E-state index contributed by atoms with van der Waals surface area (Å²) in [5, 5.41) is 5.19. The second-order valence-corrected chi connectivity index (χ2v) is 7.74. The highest BCUT2D eigenvalue weighted by Crippen LogP contribution is 2.24. The van der Waals surface area contributed by atoms with Crippen molar-refractivity contribution >= 4 is 10.0 Å². The predicted octanol–water partition coefficient (Wildman–Crippen LogP) is 2.12. The normalized spacial score (nSPS) is 19.5. The molecular weight excluding hydrogens is 333 g/mol. The highest BCUT2D eigenvalue weighted by Gasteiger charge is 2.27. The van der Waals surface area contributed by atoms with Gasteiger partial charge in [0.15, 0.2) is 5.76 Å². The predicted molar refractivity (Wildman–Crippen MR) is 87.9 cm³/mol. The Labute approximate surface area is 140 Å². The molecule has 8 heteroatoms. The summed E-state index contributed by atoms with van der Waals surface area (Å²) in [5.74, 6) is 0.569. The van der Waals surface area contributed by atoms with Crippen molar-refractivity contribution in [2.45, 2.75) is 31.8 Å². The van der Waals surface area contributed by atoms with Crippen LogP contribution in [0.1, 0.15) is 25.2 Å². The largest absolute Gasteiger partial charge is 0.439 e. The Morgan fingerprint density at radius 3 is 2.96 bits per heavy atom. The van der Waals surface area contributed by atoms with Crippen molar-refractivity contribution in [1.29, 1.82) is 0 Å². The minimum absolute atomic E-state index is 0.0650. The molecule has 1 unspecified atom stereocenters. The Morgan fingerprint density at radius 1 is 1.38 bits per heavy atom. The molecule has 130 valence electrons. The molecule has 0 spiro atoms. The van der Waals surface area contributed by atoms with Gasteiger partial charge in [0, 0.05) is 11.6 Å². The molecular formula is C16H20FN3O3S. The van der Waals surface area contributed by atoms with Gasteiger partial charge >= 0.3 is 0 Å². The molecule has 0 amide bonds. The molecule has 2 heterocycles. The van der Waals surface area contributed by atoms with E-state index in [0.29, 0.717) is 23.8 Å². The number of halogens is 1. The van der Waals surface area contributed by atoms with Gasteiger partial charge in [-0.2, -0.15) is 0 Å². The number of nitrogens with two attached hydrogens (primary N) is 1. The van der Waals surface area contributed by atoms with Crippen LogP contribution in [0.15, 0.2) is 34.9 Å². The van der Waals surface area contributed by atoms with Crippen LogP contribution < -0.4 is 5.14 Å². The zero-order valence-electron chi connectivity index (χ0n) is 13.2. The van der Waals surface area contributed by atoms with E-state index in [4.69, 9.17) is 9.56 Å². The molecule has 0 aliphatic carbocycles. The van der Waals surface area contributed by atoms with Crippen molar-refractivity contribution in [1.82, 2.24) is 9.88 Å². The van der Waals surface area contributed by atoms with Crippen LogP contribution in [-0.4, -0.2) is 36.6 Å². The summed E-state index contributed by atoms with van der Waals surface area (Å²) in [6, 6.07) is 5.98. The molecule has 1 atom stereocenters. The van der Waals surface area contributed by atoms with Gasteiger partial charge in [0.05, 0.1) is 18.5 Å². The Bertz CT molecular complexity index is 806. The monoisotopic (exact) mass is 353 g/mol. The average molecular weight is 353 g/mol. The number of piperidine rings is 1. The highest BCUT2D eigenvalue weighted by molar-refractivity contribution is 7.89. The van der Waals surface area contributed by atoms with Crippen LogP contribution in [0.4, 0.5) is 4.39 Å². The Kier molecular flexibility index (Phi) is 4.98. The lowest BCUT2D eigenvalue weighted by atomic mass is 10.0. The number of benzene rings is 1. The molecule has 0 bridgehead atoms. The SMILES string of the molecule is NS(=O)(=O)CC1CCCCN1Cc1ncc(-c2cccc(F)c2)o1. The van der Waals surface area contributed by atoms with Crippen molar-refractivity contribution in [3.05, 3.63) is 42.2 Å². The molecule has 1 aliphatic heterocycles. The lowest BCUT2D eigenvalue weighted by molar-refractivity contribution is 0.141. The molecule has 1 fully saturated rings. The van der Waals surface area contributed by atoms with Crippen LogP contribution in [0.5, 0.6) is 0 Å². The summed E-state index contributed by atoms with van der Waals surface area (Å²) in [7, 11) is -3.53. The van der Waals surface area contributed by atoms with Gasteiger partial charge in [0.2, 0.25) is 15.9 Å². The number of hydrogen-bond acceptors (Lipinski definition) is 5. The van der Waals surface area contributed by atoms with E-state index in [1.165, 1.54) is 12.1 Å². The molecule has 0 saturated carbocycles. The molecule has 1 aromatic carbocycles. The van der Waals surface area contributed by atoms with Gasteiger partial charge in [-0.25, -0.2) is 22.9 Å². The third-order valence-corrected chi connectivity index (χ3v) is 5.02. The van der Waals surface area contributed by atoms with Crippen LogP contribution >= 0.6 is 0 Å². The smallest absolute Gasteiger partial charge is 0.210 e. The first-order valence-corrected chi connectivity index (χ1v) is 9.57. The molecule has 1 aliphatic rings. The first kappa shape index (κ1) is 17.1. The van der Waals surface area contributed by atoms with Crippen molar-refractivity contribution in [2.24, 2.45) is 5.14 Å². The van der Waals surface area contributed by atoms with E-state index < -0.39 is 10.0 Å². The van der Waals surface area contributed by atoms with Gasteiger partial charge in [-0.3, -0.25) is 4.90 Å². The van der Waals surface area contributed by atoms with Gasteiger partial charge in [0.1, 0.15) is 5.82 Å². The fourth-order valence-corrected chi connectivity index (χ4v) is 3.97. The number of rotatable bonds is 5. The number of nitrogens with zero attached hydrogens (tertiary/aromatic N) is 2. The number of oxazole rings is 1. The van der Waals surface area contributed by atoms with E-state index in [9.17, 15) is 12.8 Å². The summed E-state index contributed by atoms with van der Waals surface area (Å²) in [6.45, 7) is 1.19. The van der Waals surface area contributed by atoms with Crippen LogP contribution in [0.2, 0.25) is 0 Å². The van der Waals surface area contributed by atoms with Gasteiger partial charge in [-0.15, -0.1) is 0 Å². The fraction of sp³-hybridized carbons (Fsp3) is 0.438. The van der Waals surface area contributed by atoms with Crippen molar-refractivity contribution in [3.63, 3.8) is 0 Å². The maximum Gasteiger partial charge on any atom is 0.210 e. The van der Waals surface area contributed by atoms with Gasteiger partial charge in [-0.05, 0) is 31.5 Å². The average Bonchev–Trinajstić information content (AvgIpc) is 2.96. The first-order chi connectivity index (χ1) is 11.4. The van der Waals surface area contributed by atoms with Crippen LogP contribution in [-0.2, 0) is 16.6 Å². The van der Waals surface area contributed by atoms with Gasteiger partial charge < -0.3 is 4.42 Å². The van der Waals surface area contributed by atoms with Gasteiger partial charge in [0.25, 0.3) is 0 Å². The molecule has 3 rings (SSSR count). The summed E-state index contributed by atoms with van der Waals surface area (Å²) in [6.07, 6.45) is 4.33. The van der Waals surface area contributed by atoms with Crippen LogP contribution in [0.25, 0.3) is 11.3 Å². The second-order valence-electron chi connectivity index (χ2n) is 6.08. The zero-order chi connectivity index (χ0) is 17.2. The quantitative estimate of drug-likeness (QED) is 0.889. The first-order valence-electron chi connectivity index (χ1n) is 7.86. The summed E-state index contributed by atoms with van der Waals surface area (Å²) in [4.78, 5) is 6.27. The Hall–Kier alpha value is -1.77. The summed E-state index contributed by atoms with van der Waals surface area (Å²) >= 11 is 0. The molecule has 2 aromatic rings. The van der Waals surface area contributed by atoms with Gasteiger partial charge in [-0.1, -0.05) is 18.6 Å². The van der Waals surface area contributed by atoms with E-state index in [0.717, 1.165) is 25.8 Å². The van der Waals surface area contributed by atoms with Crippen LogP contribution in [0.3, 0.4) is 0 Å². The molecule has 2 N–H and O–H groups in total. The summed E-state index contributed by atoms with van der Waals surface area (Å²) < 4.78 is 41.8. The number of primary sulfonamides is 1. The highest BCUT2D eigenvalue weighted by atomic mass is 32.2. The third-order valence-electron chi connectivity index (χ3n) is 4.17. The minimum atomic E-state index is -3.53. The number of likely N-dealkylation sites (tertiary alicyclic amines) is 1. The minimum Gasteiger partial charge on any atom is -0.439 e. The maximum absolute atomic E-state index is 13.3. The number of hydrogen-bond donors (Lipinski definition) is 1. The number of aromatic nitrogens is 1. The van der Waals surface area contributed by atoms with E-state index in [-0.39, 0.29) is 17.6 Å².